The summed E-state index contributed by atoms with van der Waals surface area (Å²) in [4.78, 5) is 12.3. The zero-order chi connectivity index (χ0) is 5.11. The molecule has 1 aliphatic rings. The number of carbonyl (C=O) groups excluding carboxylic acids is 1. The van der Waals surface area contributed by atoms with Gasteiger partial charge in [0, 0.05) is 0 Å². The van der Waals surface area contributed by atoms with Crippen LogP contribution < -0.4 is 5.32 Å². The van der Waals surface area contributed by atoms with Crippen LogP contribution in [0, 0.1) is 0 Å². The van der Waals surface area contributed by atoms with Gasteiger partial charge in [-0.15, -0.1) is 0 Å². The first-order chi connectivity index (χ1) is 3.39. The monoisotopic (exact) mass is 163 g/mol. The molecule has 1 rings (SSSR count). The maximum atomic E-state index is 10.3. The SMILES string of the molecule is O=C1C[Se]C=CN1. The Balaban J connectivity index is 2.47. The van der Waals surface area contributed by atoms with Crippen molar-refractivity contribution in [3.63, 3.8) is 0 Å². The third kappa shape index (κ3) is 1.33. The molecule has 0 fully saturated rings. The molecule has 1 N–H and O–H groups in total. The molecule has 1 amide bonds. The molecule has 0 saturated carbocycles. The first-order valence-electron chi connectivity index (χ1n) is 1.95. The molecule has 1 heterocycles. The topological polar surface area (TPSA) is 29.1 Å². The molecule has 0 atom stereocenters. The predicted molar refractivity (Wildman–Crippen MR) is 27.8 cm³/mol. The van der Waals surface area contributed by atoms with Crippen LogP contribution in [0.2, 0.25) is 5.32 Å². The number of carbonyl (C=O) groups is 1. The molecular weight excluding hydrogens is 157 g/mol. The summed E-state index contributed by atoms with van der Waals surface area (Å²) in [5.74, 6) is 0.155. The molecule has 0 unspecified atom stereocenters. The maximum absolute atomic E-state index is 10.3. The van der Waals surface area contributed by atoms with Crippen LogP contribution in [-0.4, -0.2) is 20.9 Å². The van der Waals surface area contributed by atoms with Crippen LogP contribution in [0.1, 0.15) is 0 Å². The van der Waals surface area contributed by atoms with E-state index in [1.54, 1.807) is 6.20 Å². The van der Waals surface area contributed by atoms with Crippen LogP contribution in [0.15, 0.2) is 11.2 Å². The van der Waals surface area contributed by atoms with Crippen molar-refractivity contribution < 1.29 is 4.79 Å². The Morgan fingerprint density at radius 1 is 1.86 bits per heavy atom. The summed E-state index contributed by atoms with van der Waals surface area (Å²) >= 11 is 0.433. The molecular formula is C4H5NOSe. The zero-order valence-electron chi connectivity index (χ0n) is 3.68. The summed E-state index contributed by atoms with van der Waals surface area (Å²) in [6.45, 7) is 0. The quantitative estimate of drug-likeness (QED) is 0.487. The van der Waals surface area contributed by atoms with Gasteiger partial charge in [-0.25, -0.2) is 0 Å². The van der Waals surface area contributed by atoms with Gasteiger partial charge in [0.05, 0.1) is 0 Å². The van der Waals surface area contributed by atoms with Crippen LogP contribution in [0.4, 0.5) is 0 Å². The Kier molecular flexibility index (Phi) is 1.49. The Labute approximate surface area is 48.1 Å². The molecule has 0 aromatic rings. The first kappa shape index (κ1) is 4.88. The van der Waals surface area contributed by atoms with E-state index >= 15 is 0 Å². The van der Waals surface area contributed by atoms with E-state index in [-0.39, 0.29) is 5.91 Å². The van der Waals surface area contributed by atoms with Gasteiger partial charge in [0.1, 0.15) is 0 Å². The van der Waals surface area contributed by atoms with Gasteiger partial charge in [0.2, 0.25) is 0 Å². The molecule has 0 bridgehead atoms. The van der Waals surface area contributed by atoms with Gasteiger partial charge in [0.15, 0.2) is 0 Å². The average molecular weight is 162 g/mol. The van der Waals surface area contributed by atoms with Crippen LogP contribution in [0.5, 0.6) is 0 Å². The molecule has 2 nitrogen and oxygen atoms in total. The van der Waals surface area contributed by atoms with E-state index < -0.39 is 0 Å². The average Bonchev–Trinajstić information content (AvgIpc) is 1.69. The van der Waals surface area contributed by atoms with E-state index in [1.807, 2.05) is 4.97 Å². The minimum atomic E-state index is 0.155. The molecule has 0 radical (unpaired) electrons. The second kappa shape index (κ2) is 2.15. The van der Waals surface area contributed by atoms with Crippen LogP contribution in [0.3, 0.4) is 0 Å². The predicted octanol–water partition coefficient (Wildman–Crippen LogP) is -0.290. The Bertz CT molecular complexity index is 110. The summed E-state index contributed by atoms with van der Waals surface area (Å²) in [7, 11) is 0. The van der Waals surface area contributed by atoms with Crippen molar-refractivity contribution in [1.82, 2.24) is 5.32 Å². The van der Waals surface area contributed by atoms with Crippen LogP contribution >= 0.6 is 0 Å². The third-order valence-electron chi connectivity index (χ3n) is 0.623. The van der Waals surface area contributed by atoms with Gasteiger partial charge in [-0.3, -0.25) is 0 Å². The molecule has 3 heteroatoms. The van der Waals surface area contributed by atoms with Crippen molar-refractivity contribution in [2.45, 2.75) is 5.32 Å². The summed E-state index contributed by atoms with van der Waals surface area (Å²) < 4.78 is 0. The second-order valence-electron chi connectivity index (χ2n) is 1.18. The summed E-state index contributed by atoms with van der Waals surface area (Å²) in [6, 6.07) is 0. The van der Waals surface area contributed by atoms with Gasteiger partial charge in [-0.05, 0) is 0 Å². The van der Waals surface area contributed by atoms with Crippen molar-refractivity contribution in [3.05, 3.63) is 11.2 Å². The fraction of sp³-hybridized carbons (Fsp3) is 0.250. The van der Waals surface area contributed by atoms with Crippen molar-refractivity contribution >= 4 is 20.9 Å². The van der Waals surface area contributed by atoms with Gasteiger partial charge in [-0.1, -0.05) is 0 Å². The molecule has 0 aromatic heterocycles. The number of hydrogen-bond acceptors (Lipinski definition) is 1. The van der Waals surface area contributed by atoms with Crippen LogP contribution in [0.25, 0.3) is 0 Å². The van der Waals surface area contributed by atoms with Crippen LogP contribution in [-0.2, 0) is 4.79 Å². The number of nitrogens with one attached hydrogen (secondary N) is 1. The summed E-state index contributed by atoms with van der Waals surface area (Å²) in [5.41, 5.74) is 0. The molecule has 7 heavy (non-hydrogen) atoms. The Hall–Kier alpha value is -0.271. The fourth-order valence-electron chi connectivity index (χ4n) is 0.341. The molecule has 0 aliphatic carbocycles. The van der Waals surface area contributed by atoms with Crippen molar-refractivity contribution in [3.8, 4) is 0 Å². The molecule has 0 saturated heterocycles. The third-order valence-corrected chi connectivity index (χ3v) is 2.21. The van der Waals surface area contributed by atoms with Gasteiger partial charge in [0.25, 0.3) is 0 Å². The second-order valence-corrected chi connectivity index (χ2v) is 3.06. The minimum absolute atomic E-state index is 0.155. The molecule has 1 aliphatic heterocycles. The van der Waals surface area contributed by atoms with Crippen molar-refractivity contribution in [2.24, 2.45) is 0 Å². The van der Waals surface area contributed by atoms with Crippen molar-refractivity contribution in [1.29, 1.82) is 0 Å². The van der Waals surface area contributed by atoms with E-state index in [1.165, 1.54) is 0 Å². The van der Waals surface area contributed by atoms with E-state index in [0.717, 1.165) is 0 Å². The molecule has 38 valence electrons. The van der Waals surface area contributed by atoms with Crippen molar-refractivity contribution in [2.75, 3.05) is 0 Å². The normalized spacial score (nSPS) is 19.1. The van der Waals surface area contributed by atoms with E-state index in [9.17, 15) is 4.79 Å². The number of hydrogen-bond donors (Lipinski definition) is 1. The van der Waals surface area contributed by atoms with E-state index in [2.05, 4.69) is 5.32 Å². The molecule has 0 spiro atoms. The van der Waals surface area contributed by atoms with E-state index in [0.29, 0.717) is 20.3 Å². The number of amides is 1. The van der Waals surface area contributed by atoms with Gasteiger partial charge >= 0.3 is 47.5 Å². The summed E-state index contributed by atoms with van der Waals surface area (Å²) in [6.07, 6.45) is 1.71. The first-order valence-corrected chi connectivity index (χ1v) is 4.15. The fourth-order valence-corrected chi connectivity index (χ4v) is 1.38. The Morgan fingerprint density at radius 2 is 2.71 bits per heavy atom. The summed E-state index contributed by atoms with van der Waals surface area (Å²) in [5, 5.41) is 3.29. The Morgan fingerprint density at radius 3 is 3.00 bits per heavy atom. The standard InChI is InChI=1S/C4H5NOSe/c6-4-3-7-2-1-5-4/h1-2H,3H2,(H,5,6). The zero-order valence-corrected chi connectivity index (χ0v) is 5.39. The van der Waals surface area contributed by atoms with Gasteiger partial charge in [-0.2, -0.15) is 0 Å². The van der Waals surface area contributed by atoms with Gasteiger partial charge < -0.3 is 0 Å². The molecule has 0 aromatic carbocycles. The number of rotatable bonds is 0. The van der Waals surface area contributed by atoms with E-state index in [4.69, 9.17) is 0 Å².